The quantitative estimate of drug-likeness (QED) is 0.799. The lowest BCUT2D eigenvalue weighted by atomic mass is 10.2. The Bertz CT molecular complexity index is 330. The van der Waals surface area contributed by atoms with Crippen LogP contribution in [-0.4, -0.2) is 35.1 Å². The third-order valence-corrected chi connectivity index (χ3v) is 3.04. The van der Waals surface area contributed by atoms with Gasteiger partial charge in [0.1, 0.15) is 17.5 Å². The van der Waals surface area contributed by atoms with Crippen molar-refractivity contribution in [1.82, 2.24) is 9.97 Å². The first-order chi connectivity index (χ1) is 7.69. The molecule has 1 unspecified atom stereocenters. The zero-order chi connectivity index (χ0) is 12.0. The van der Waals surface area contributed by atoms with Gasteiger partial charge in [-0.3, -0.25) is 0 Å². The van der Waals surface area contributed by atoms with Gasteiger partial charge in [0, 0.05) is 24.9 Å². The van der Waals surface area contributed by atoms with E-state index in [2.05, 4.69) is 33.8 Å². The summed E-state index contributed by atoms with van der Waals surface area (Å²) in [7, 11) is 1.87. The number of nitrogens with one attached hydrogen (secondary N) is 2. The molecule has 0 amide bonds. The molecule has 0 saturated heterocycles. The van der Waals surface area contributed by atoms with Crippen LogP contribution < -0.4 is 10.6 Å². The minimum absolute atomic E-state index is 0.467. The van der Waals surface area contributed by atoms with Crippen molar-refractivity contribution in [1.29, 1.82) is 0 Å². The van der Waals surface area contributed by atoms with Crippen molar-refractivity contribution in [2.45, 2.75) is 26.3 Å². The van der Waals surface area contributed by atoms with Gasteiger partial charge in [0.15, 0.2) is 0 Å². The maximum Gasteiger partial charge on any atom is 0.132 e. The summed E-state index contributed by atoms with van der Waals surface area (Å²) in [6, 6.07) is 2.41. The number of thioether (sulfide) groups is 1. The zero-order valence-electron chi connectivity index (χ0n) is 10.4. The average molecular weight is 240 g/mol. The summed E-state index contributed by atoms with van der Waals surface area (Å²) in [5, 5.41) is 6.47. The van der Waals surface area contributed by atoms with E-state index < -0.39 is 0 Å². The molecule has 90 valence electrons. The van der Waals surface area contributed by atoms with Crippen LogP contribution in [0, 0.1) is 6.92 Å². The predicted molar refractivity (Wildman–Crippen MR) is 72.4 cm³/mol. The van der Waals surface area contributed by atoms with E-state index in [0.717, 1.165) is 29.6 Å². The van der Waals surface area contributed by atoms with Gasteiger partial charge in [-0.15, -0.1) is 0 Å². The molecule has 0 aliphatic heterocycles. The lowest BCUT2D eigenvalue weighted by Gasteiger charge is -2.17. The summed E-state index contributed by atoms with van der Waals surface area (Å²) in [6.07, 6.45) is 3.22. The molecular formula is C11H20N4S. The van der Waals surface area contributed by atoms with Gasteiger partial charge >= 0.3 is 0 Å². The standard InChI is InChI=1S/C11H20N4S/c1-5-9(7-16-4)15-11-6-10(12-3)13-8(2)14-11/h6,9H,5,7H2,1-4H3,(H2,12,13,14,15). The summed E-state index contributed by atoms with van der Waals surface area (Å²) >= 11 is 1.85. The first kappa shape index (κ1) is 13.1. The first-order valence-electron chi connectivity index (χ1n) is 5.48. The maximum atomic E-state index is 4.38. The van der Waals surface area contributed by atoms with Crippen LogP contribution in [0.5, 0.6) is 0 Å². The van der Waals surface area contributed by atoms with E-state index in [1.165, 1.54) is 0 Å². The summed E-state index contributed by atoms with van der Waals surface area (Å²) < 4.78 is 0. The van der Waals surface area contributed by atoms with Gasteiger partial charge in [0.05, 0.1) is 0 Å². The minimum atomic E-state index is 0.467. The van der Waals surface area contributed by atoms with E-state index in [4.69, 9.17) is 0 Å². The molecule has 0 aliphatic carbocycles. The lowest BCUT2D eigenvalue weighted by molar-refractivity contribution is 0.768. The van der Waals surface area contributed by atoms with Crippen molar-refractivity contribution in [2.75, 3.05) is 29.7 Å². The first-order valence-corrected chi connectivity index (χ1v) is 6.87. The van der Waals surface area contributed by atoms with Crippen molar-refractivity contribution < 1.29 is 0 Å². The molecule has 0 spiro atoms. The molecule has 1 aromatic rings. The molecule has 0 aromatic carbocycles. The Morgan fingerprint density at radius 1 is 1.38 bits per heavy atom. The highest BCUT2D eigenvalue weighted by molar-refractivity contribution is 7.98. The minimum Gasteiger partial charge on any atom is -0.373 e. The van der Waals surface area contributed by atoms with E-state index in [9.17, 15) is 0 Å². The second kappa shape index (κ2) is 6.58. The average Bonchev–Trinajstić information content (AvgIpc) is 2.27. The highest BCUT2D eigenvalue weighted by atomic mass is 32.2. The molecule has 0 bridgehead atoms. The Balaban J connectivity index is 2.74. The van der Waals surface area contributed by atoms with Crippen molar-refractivity contribution in [2.24, 2.45) is 0 Å². The summed E-state index contributed by atoms with van der Waals surface area (Å²) in [5.41, 5.74) is 0. The van der Waals surface area contributed by atoms with E-state index in [1.54, 1.807) is 0 Å². The van der Waals surface area contributed by atoms with Crippen LogP contribution in [0.1, 0.15) is 19.2 Å². The largest absolute Gasteiger partial charge is 0.373 e. The van der Waals surface area contributed by atoms with Gasteiger partial charge in [-0.1, -0.05) is 6.92 Å². The van der Waals surface area contributed by atoms with Gasteiger partial charge in [0.25, 0.3) is 0 Å². The highest BCUT2D eigenvalue weighted by Gasteiger charge is 2.07. The smallest absolute Gasteiger partial charge is 0.132 e. The van der Waals surface area contributed by atoms with Crippen LogP contribution in [0.3, 0.4) is 0 Å². The summed E-state index contributed by atoms with van der Waals surface area (Å²) in [4.78, 5) is 8.64. The fourth-order valence-corrected chi connectivity index (χ4v) is 2.16. The van der Waals surface area contributed by atoms with Crippen LogP contribution in [-0.2, 0) is 0 Å². The Kier molecular flexibility index (Phi) is 5.38. The Labute approximate surface area is 102 Å². The van der Waals surface area contributed by atoms with Crippen molar-refractivity contribution in [3.8, 4) is 0 Å². The van der Waals surface area contributed by atoms with Crippen LogP contribution in [0.15, 0.2) is 6.07 Å². The molecule has 0 aliphatic rings. The number of aryl methyl sites for hydroxylation is 1. The zero-order valence-corrected chi connectivity index (χ0v) is 11.2. The molecule has 0 fully saturated rings. The van der Waals surface area contributed by atoms with Gasteiger partial charge in [-0.25, -0.2) is 9.97 Å². The van der Waals surface area contributed by atoms with E-state index in [0.29, 0.717) is 6.04 Å². The van der Waals surface area contributed by atoms with Crippen molar-refractivity contribution >= 4 is 23.4 Å². The molecule has 1 heterocycles. The molecule has 1 aromatic heterocycles. The second-order valence-electron chi connectivity index (χ2n) is 3.64. The van der Waals surface area contributed by atoms with Crippen LogP contribution >= 0.6 is 11.8 Å². The van der Waals surface area contributed by atoms with E-state index in [-0.39, 0.29) is 0 Å². The number of aromatic nitrogens is 2. The number of hydrogen-bond acceptors (Lipinski definition) is 5. The summed E-state index contributed by atoms with van der Waals surface area (Å²) in [6.45, 7) is 4.09. The van der Waals surface area contributed by atoms with Crippen molar-refractivity contribution in [3.63, 3.8) is 0 Å². The molecule has 1 atom stereocenters. The van der Waals surface area contributed by atoms with Crippen LogP contribution in [0.25, 0.3) is 0 Å². The third kappa shape index (κ3) is 3.89. The maximum absolute atomic E-state index is 4.38. The van der Waals surface area contributed by atoms with Gasteiger partial charge < -0.3 is 10.6 Å². The third-order valence-electron chi connectivity index (χ3n) is 2.31. The van der Waals surface area contributed by atoms with E-state index in [1.807, 2.05) is 31.8 Å². The van der Waals surface area contributed by atoms with Gasteiger partial charge in [-0.05, 0) is 19.6 Å². The van der Waals surface area contributed by atoms with Crippen molar-refractivity contribution in [3.05, 3.63) is 11.9 Å². The topological polar surface area (TPSA) is 49.8 Å². The molecule has 0 saturated carbocycles. The second-order valence-corrected chi connectivity index (χ2v) is 4.55. The molecular weight excluding hydrogens is 220 g/mol. The monoisotopic (exact) mass is 240 g/mol. The molecule has 5 heteroatoms. The van der Waals surface area contributed by atoms with E-state index >= 15 is 0 Å². The molecule has 1 rings (SSSR count). The normalized spacial score (nSPS) is 12.2. The highest BCUT2D eigenvalue weighted by Crippen LogP contribution is 2.13. The van der Waals surface area contributed by atoms with Gasteiger partial charge in [0.2, 0.25) is 0 Å². The predicted octanol–water partition coefficient (Wildman–Crippen LogP) is 2.38. The SMILES string of the molecule is CCC(CSC)Nc1cc(NC)nc(C)n1. The molecule has 4 nitrogen and oxygen atoms in total. The Morgan fingerprint density at radius 2 is 2.06 bits per heavy atom. The fourth-order valence-electron chi connectivity index (χ4n) is 1.44. The lowest BCUT2D eigenvalue weighted by Crippen LogP contribution is -2.22. The number of rotatable bonds is 6. The fraction of sp³-hybridized carbons (Fsp3) is 0.636. The Morgan fingerprint density at radius 3 is 2.62 bits per heavy atom. The number of anilines is 2. The molecule has 0 radical (unpaired) electrons. The van der Waals surface area contributed by atoms with Crippen LogP contribution in [0.4, 0.5) is 11.6 Å². The summed E-state index contributed by atoms with van der Waals surface area (Å²) in [5.74, 6) is 3.63. The number of nitrogens with zero attached hydrogens (tertiary/aromatic N) is 2. The van der Waals surface area contributed by atoms with Gasteiger partial charge in [-0.2, -0.15) is 11.8 Å². The molecule has 2 N–H and O–H groups in total. The molecule has 16 heavy (non-hydrogen) atoms. The Hall–Kier alpha value is -0.970. The van der Waals surface area contributed by atoms with Crippen LogP contribution in [0.2, 0.25) is 0 Å². The number of hydrogen-bond donors (Lipinski definition) is 2.